The summed E-state index contributed by atoms with van der Waals surface area (Å²) in [6.45, 7) is 2.12. The van der Waals surface area contributed by atoms with Crippen molar-refractivity contribution in [1.82, 2.24) is 4.57 Å². The molecule has 2 aromatic carbocycles. The van der Waals surface area contributed by atoms with Crippen molar-refractivity contribution < 1.29 is 4.42 Å². The van der Waals surface area contributed by atoms with Crippen LogP contribution in [0.4, 0.5) is 0 Å². The van der Waals surface area contributed by atoms with E-state index in [-0.39, 0.29) is 0 Å². The van der Waals surface area contributed by atoms with Gasteiger partial charge in [-0.25, -0.2) is 0 Å². The highest BCUT2D eigenvalue weighted by Gasteiger charge is 2.07. The molecule has 0 atom stereocenters. The Hall–Kier alpha value is -1.49. The monoisotopic (exact) mass is 333 g/mol. The summed E-state index contributed by atoms with van der Waals surface area (Å²) in [6.07, 6.45) is 0.990. The lowest BCUT2D eigenvalue weighted by Gasteiger charge is -2.09. The average Bonchev–Trinajstić information content (AvgIpc) is 2.49. The van der Waals surface area contributed by atoms with Crippen LogP contribution in [0.2, 0.25) is 5.02 Å². The van der Waals surface area contributed by atoms with E-state index in [9.17, 15) is 0 Å². The van der Waals surface area contributed by atoms with Gasteiger partial charge in [-0.3, -0.25) is 4.57 Å². The lowest BCUT2D eigenvalue weighted by molar-refractivity contribution is 0.537. The van der Waals surface area contributed by atoms with Crippen molar-refractivity contribution in [2.45, 2.75) is 13.3 Å². The summed E-state index contributed by atoms with van der Waals surface area (Å²) in [4.78, 5) is 0.332. The summed E-state index contributed by atoms with van der Waals surface area (Å²) < 4.78 is 8.05. The lowest BCUT2D eigenvalue weighted by atomic mass is 10.1. The Morgan fingerprint density at radius 1 is 1.10 bits per heavy atom. The SMILES string of the molecule is CCc1ccc(-n2c(=S)oc3ccc(Cl)cc3c2=S)cc1. The molecule has 3 rings (SSSR count). The van der Waals surface area contributed by atoms with E-state index in [4.69, 9.17) is 40.5 Å². The summed E-state index contributed by atoms with van der Waals surface area (Å²) in [6, 6.07) is 13.5. The van der Waals surface area contributed by atoms with Crippen molar-refractivity contribution in [1.29, 1.82) is 0 Å². The molecule has 0 amide bonds. The van der Waals surface area contributed by atoms with Gasteiger partial charge < -0.3 is 4.42 Å². The van der Waals surface area contributed by atoms with Crippen molar-refractivity contribution in [3.05, 3.63) is 62.5 Å². The average molecular weight is 334 g/mol. The Morgan fingerprint density at radius 2 is 1.81 bits per heavy atom. The second-order valence-electron chi connectivity index (χ2n) is 4.67. The molecule has 0 N–H and O–H groups in total. The third-order valence-electron chi connectivity index (χ3n) is 3.36. The number of halogens is 1. The minimum Gasteiger partial charge on any atom is -0.431 e. The minimum absolute atomic E-state index is 0.332. The van der Waals surface area contributed by atoms with Crippen LogP contribution < -0.4 is 0 Å². The van der Waals surface area contributed by atoms with E-state index in [1.54, 1.807) is 22.8 Å². The number of aryl methyl sites for hydroxylation is 1. The third kappa shape index (κ3) is 2.67. The Bertz CT molecular complexity index is 926. The number of fused-ring (bicyclic) bond motifs is 1. The van der Waals surface area contributed by atoms with Crippen molar-refractivity contribution >= 4 is 47.0 Å². The second kappa shape index (κ2) is 5.72. The number of rotatable bonds is 2. The van der Waals surface area contributed by atoms with Crippen LogP contribution in [0.15, 0.2) is 46.9 Å². The van der Waals surface area contributed by atoms with E-state index in [1.165, 1.54) is 5.56 Å². The van der Waals surface area contributed by atoms with Crippen LogP contribution in [0, 0.1) is 9.48 Å². The van der Waals surface area contributed by atoms with Crippen LogP contribution >= 0.6 is 36.0 Å². The smallest absolute Gasteiger partial charge is 0.274 e. The van der Waals surface area contributed by atoms with Gasteiger partial charge in [0.15, 0.2) is 0 Å². The molecule has 0 unspecified atom stereocenters. The van der Waals surface area contributed by atoms with Crippen molar-refractivity contribution in [2.24, 2.45) is 0 Å². The maximum absolute atomic E-state index is 6.05. The Morgan fingerprint density at radius 3 is 2.48 bits per heavy atom. The first-order chi connectivity index (χ1) is 10.1. The topological polar surface area (TPSA) is 18.1 Å². The van der Waals surface area contributed by atoms with E-state index in [1.807, 2.05) is 12.1 Å². The zero-order chi connectivity index (χ0) is 15.0. The van der Waals surface area contributed by atoms with Gasteiger partial charge >= 0.3 is 0 Å². The van der Waals surface area contributed by atoms with E-state index >= 15 is 0 Å². The molecule has 0 aliphatic rings. The molecule has 0 spiro atoms. The van der Waals surface area contributed by atoms with Gasteiger partial charge in [-0.15, -0.1) is 0 Å². The Kier molecular flexibility index (Phi) is 3.93. The molecule has 0 radical (unpaired) electrons. The first kappa shape index (κ1) is 14.4. The molecule has 0 fully saturated rings. The molecule has 3 aromatic rings. The van der Waals surface area contributed by atoms with Crippen LogP contribution in [-0.4, -0.2) is 4.57 Å². The van der Waals surface area contributed by atoms with Crippen molar-refractivity contribution in [3.63, 3.8) is 0 Å². The van der Waals surface area contributed by atoms with Gasteiger partial charge in [-0.05, 0) is 54.5 Å². The lowest BCUT2D eigenvalue weighted by Crippen LogP contribution is -1.99. The fourth-order valence-corrected chi connectivity index (χ4v) is 3.07. The first-order valence-electron chi connectivity index (χ1n) is 6.55. The quantitative estimate of drug-likeness (QED) is 0.544. The molecular formula is C16H12ClNOS2. The van der Waals surface area contributed by atoms with Crippen LogP contribution in [0.1, 0.15) is 12.5 Å². The summed E-state index contributed by atoms with van der Waals surface area (Å²) in [5, 5.41) is 1.40. The van der Waals surface area contributed by atoms with Crippen LogP contribution in [0.3, 0.4) is 0 Å². The van der Waals surface area contributed by atoms with Gasteiger partial charge in [0.2, 0.25) is 0 Å². The fraction of sp³-hybridized carbons (Fsp3) is 0.125. The molecule has 1 heterocycles. The molecule has 0 bridgehead atoms. The van der Waals surface area contributed by atoms with E-state index in [0.717, 1.165) is 17.5 Å². The van der Waals surface area contributed by atoms with Gasteiger partial charge in [-0.1, -0.05) is 42.9 Å². The summed E-state index contributed by atoms with van der Waals surface area (Å²) >= 11 is 16.9. The molecular weight excluding hydrogens is 322 g/mol. The molecule has 106 valence electrons. The molecule has 0 aliphatic carbocycles. The normalized spacial score (nSPS) is 11.0. The van der Waals surface area contributed by atoms with Crippen LogP contribution in [0.5, 0.6) is 0 Å². The number of nitrogens with zero attached hydrogens (tertiary/aromatic N) is 1. The highest BCUT2D eigenvalue weighted by molar-refractivity contribution is 7.72. The molecule has 21 heavy (non-hydrogen) atoms. The zero-order valence-electron chi connectivity index (χ0n) is 11.3. The van der Waals surface area contributed by atoms with Crippen molar-refractivity contribution in [3.8, 4) is 5.69 Å². The molecule has 0 saturated carbocycles. The van der Waals surface area contributed by atoms with Crippen LogP contribution in [0.25, 0.3) is 16.7 Å². The summed E-state index contributed by atoms with van der Waals surface area (Å²) in [5.74, 6) is 0. The molecule has 1 aromatic heterocycles. The van der Waals surface area contributed by atoms with E-state index in [2.05, 4.69) is 19.1 Å². The Balaban J connectivity index is 2.31. The maximum Gasteiger partial charge on any atom is 0.274 e. The highest BCUT2D eigenvalue weighted by Crippen LogP contribution is 2.23. The predicted octanol–water partition coefficient (Wildman–Crippen LogP) is 5.90. The Labute approximate surface area is 137 Å². The van der Waals surface area contributed by atoms with E-state index in [0.29, 0.717) is 20.1 Å². The summed E-state index contributed by atoms with van der Waals surface area (Å²) in [7, 11) is 0. The molecule has 0 aliphatic heterocycles. The molecule has 0 saturated heterocycles. The van der Waals surface area contributed by atoms with Gasteiger partial charge in [0.1, 0.15) is 10.2 Å². The molecule has 5 heteroatoms. The number of hydrogen-bond donors (Lipinski definition) is 0. The third-order valence-corrected chi connectivity index (χ3v) is 4.26. The number of hydrogen-bond acceptors (Lipinski definition) is 3. The standard InChI is InChI=1S/C16H12ClNOS2/c1-2-10-3-6-12(7-4-10)18-15(20)13-9-11(17)5-8-14(13)19-16(18)21/h3-9H,2H2,1H3. The highest BCUT2D eigenvalue weighted by atomic mass is 35.5. The second-order valence-corrected chi connectivity index (χ2v) is 5.84. The minimum atomic E-state index is 0.332. The van der Waals surface area contributed by atoms with Gasteiger partial charge in [0, 0.05) is 5.02 Å². The predicted molar refractivity (Wildman–Crippen MR) is 91.6 cm³/mol. The first-order valence-corrected chi connectivity index (χ1v) is 7.74. The molecule has 2 nitrogen and oxygen atoms in total. The number of benzene rings is 2. The van der Waals surface area contributed by atoms with Crippen LogP contribution in [-0.2, 0) is 6.42 Å². The zero-order valence-corrected chi connectivity index (χ0v) is 13.7. The van der Waals surface area contributed by atoms with E-state index < -0.39 is 0 Å². The maximum atomic E-state index is 6.05. The summed E-state index contributed by atoms with van der Waals surface area (Å²) in [5.41, 5.74) is 2.81. The fourth-order valence-electron chi connectivity index (χ4n) is 2.20. The number of aromatic nitrogens is 1. The van der Waals surface area contributed by atoms with Gasteiger partial charge in [0.05, 0.1) is 11.1 Å². The van der Waals surface area contributed by atoms with Gasteiger partial charge in [-0.2, -0.15) is 0 Å². The van der Waals surface area contributed by atoms with Gasteiger partial charge in [0.25, 0.3) is 4.84 Å². The van der Waals surface area contributed by atoms with Crippen molar-refractivity contribution in [2.75, 3.05) is 0 Å². The largest absolute Gasteiger partial charge is 0.431 e.